The zero-order valence-electron chi connectivity index (χ0n) is 10.6. The van der Waals surface area contributed by atoms with Crippen LogP contribution in [0.25, 0.3) is 22.4 Å². The standard InChI is InChI=1S/C15H9BrCl2N2O/c16-11-3-1-2-10(13(11)18)14-12(15(19)21-20-14)8-4-6-9(17)7-5-8/h1-7H,19H2. The molecule has 2 N–H and O–H groups in total. The number of nitrogen functional groups attached to an aromatic ring is 1. The quantitative estimate of drug-likeness (QED) is 0.621. The van der Waals surface area contributed by atoms with E-state index < -0.39 is 0 Å². The second-order valence-electron chi connectivity index (χ2n) is 4.38. The molecule has 3 rings (SSSR count). The number of nitrogens with two attached hydrogens (primary N) is 1. The Labute approximate surface area is 139 Å². The molecule has 106 valence electrons. The molecule has 0 fully saturated rings. The van der Waals surface area contributed by atoms with Crippen LogP contribution in [0.5, 0.6) is 0 Å². The third kappa shape index (κ3) is 2.67. The first kappa shape index (κ1) is 14.4. The van der Waals surface area contributed by atoms with Crippen LogP contribution < -0.4 is 5.73 Å². The molecular formula is C15H9BrCl2N2O. The van der Waals surface area contributed by atoms with Crippen LogP contribution in [0.2, 0.25) is 10.0 Å². The van der Waals surface area contributed by atoms with Crippen molar-refractivity contribution in [2.24, 2.45) is 0 Å². The van der Waals surface area contributed by atoms with E-state index in [0.717, 1.165) is 15.6 Å². The summed E-state index contributed by atoms with van der Waals surface area (Å²) in [5.74, 6) is 0.239. The Bertz CT molecular complexity index is 800. The Morgan fingerprint density at radius 2 is 1.76 bits per heavy atom. The molecule has 0 amide bonds. The van der Waals surface area contributed by atoms with E-state index in [1.165, 1.54) is 0 Å². The van der Waals surface area contributed by atoms with Gasteiger partial charge in [-0.05, 0) is 39.7 Å². The van der Waals surface area contributed by atoms with Gasteiger partial charge in [-0.25, -0.2) is 0 Å². The van der Waals surface area contributed by atoms with Crippen molar-refractivity contribution in [1.82, 2.24) is 5.16 Å². The second-order valence-corrected chi connectivity index (χ2v) is 6.05. The summed E-state index contributed by atoms with van der Waals surface area (Å²) in [6.07, 6.45) is 0. The van der Waals surface area contributed by atoms with Crippen molar-refractivity contribution < 1.29 is 4.52 Å². The lowest BCUT2D eigenvalue weighted by Crippen LogP contribution is -1.88. The topological polar surface area (TPSA) is 52.0 Å². The summed E-state index contributed by atoms with van der Waals surface area (Å²) in [7, 11) is 0. The van der Waals surface area contributed by atoms with E-state index in [0.29, 0.717) is 21.3 Å². The normalized spacial score (nSPS) is 10.8. The lowest BCUT2D eigenvalue weighted by Gasteiger charge is -2.06. The van der Waals surface area contributed by atoms with E-state index in [1.807, 2.05) is 30.3 Å². The predicted octanol–water partition coefficient (Wildman–Crippen LogP) is 5.66. The van der Waals surface area contributed by atoms with Gasteiger partial charge in [-0.3, -0.25) is 0 Å². The molecule has 0 bridgehead atoms. The molecule has 1 aromatic heterocycles. The summed E-state index contributed by atoms with van der Waals surface area (Å²) in [5, 5.41) is 5.25. The van der Waals surface area contributed by atoms with Crippen molar-refractivity contribution in [3.05, 3.63) is 57.0 Å². The zero-order chi connectivity index (χ0) is 15.0. The van der Waals surface area contributed by atoms with Crippen LogP contribution in [0.4, 0.5) is 5.88 Å². The molecule has 0 spiro atoms. The van der Waals surface area contributed by atoms with Crippen LogP contribution >= 0.6 is 39.1 Å². The van der Waals surface area contributed by atoms with Crippen LogP contribution in [-0.2, 0) is 0 Å². The van der Waals surface area contributed by atoms with Gasteiger partial charge in [0.15, 0.2) is 0 Å². The van der Waals surface area contributed by atoms with Gasteiger partial charge in [-0.1, -0.05) is 52.6 Å². The van der Waals surface area contributed by atoms with Crippen LogP contribution in [0.15, 0.2) is 51.5 Å². The maximum atomic E-state index is 6.33. The first-order valence-corrected chi connectivity index (χ1v) is 7.58. The Morgan fingerprint density at radius 3 is 2.48 bits per heavy atom. The third-order valence-electron chi connectivity index (χ3n) is 3.06. The third-order valence-corrected chi connectivity index (χ3v) is 4.61. The summed E-state index contributed by atoms with van der Waals surface area (Å²) in [4.78, 5) is 0. The number of nitrogens with zero attached hydrogens (tertiary/aromatic N) is 1. The Kier molecular flexibility index (Phi) is 3.93. The van der Waals surface area contributed by atoms with Gasteiger partial charge in [0.05, 0.1) is 10.6 Å². The lowest BCUT2D eigenvalue weighted by atomic mass is 10.0. The lowest BCUT2D eigenvalue weighted by molar-refractivity contribution is 0.439. The Balaban J connectivity index is 2.22. The molecule has 21 heavy (non-hydrogen) atoms. The van der Waals surface area contributed by atoms with E-state index in [9.17, 15) is 0 Å². The molecule has 0 aliphatic heterocycles. The molecule has 0 aliphatic rings. The zero-order valence-corrected chi connectivity index (χ0v) is 13.7. The molecule has 0 saturated carbocycles. The molecule has 0 saturated heterocycles. The maximum Gasteiger partial charge on any atom is 0.230 e. The van der Waals surface area contributed by atoms with Gasteiger partial charge in [0, 0.05) is 15.1 Å². The molecular weight excluding hydrogens is 375 g/mol. The van der Waals surface area contributed by atoms with Gasteiger partial charge in [0.25, 0.3) is 0 Å². The number of halogens is 3. The van der Waals surface area contributed by atoms with Crippen LogP contribution in [0.3, 0.4) is 0 Å². The van der Waals surface area contributed by atoms with Crippen molar-refractivity contribution >= 4 is 45.0 Å². The molecule has 0 atom stereocenters. The van der Waals surface area contributed by atoms with Crippen molar-refractivity contribution in [3.63, 3.8) is 0 Å². The molecule has 0 radical (unpaired) electrons. The van der Waals surface area contributed by atoms with E-state index in [2.05, 4.69) is 21.1 Å². The molecule has 0 unspecified atom stereocenters. The van der Waals surface area contributed by atoms with E-state index in [-0.39, 0.29) is 5.88 Å². The average molecular weight is 384 g/mol. The molecule has 1 heterocycles. The fraction of sp³-hybridized carbons (Fsp3) is 0. The smallest absolute Gasteiger partial charge is 0.230 e. The predicted molar refractivity (Wildman–Crippen MR) is 89.5 cm³/mol. The number of hydrogen-bond donors (Lipinski definition) is 1. The minimum absolute atomic E-state index is 0.239. The first-order chi connectivity index (χ1) is 10.1. The Morgan fingerprint density at radius 1 is 1.05 bits per heavy atom. The summed E-state index contributed by atoms with van der Waals surface area (Å²) in [6, 6.07) is 12.9. The number of aromatic nitrogens is 1. The second kappa shape index (κ2) is 5.72. The molecule has 0 aliphatic carbocycles. The summed E-state index contributed by atoms with van der Waals surface area (Å²) in [5.41, 5.74) is 8.83. The fourth-order valence-corrected chi connectivity index (χ4v) is 2.78. The first-order valence-electron chi connectivity index (χ1n) is 6.03. The SMILES string of the molecule is Nc1onc(-c2cccc(Br)c2Cl)c1-c1ccc(Cl)cc1. The number of hydrogen-bond acceptors (Lipinski definition) is 3. The van der Waals surface area contributed by atoms with Crippen LogP contribution in [0, 0.1) is 0 Å². The Hall–Kier alpha value is -1.49. The highest BCUT2D eigenvalue weighted by Crippen LogP contribution is 2.41. The fourth-order valence-electron chi connectivity index (χ4n) is 2.07. The monoisotopic (exact) mass is 382 g/mol. The highest BCUT2D eigenvalue weighted by Gasteiger charge is 2.20. The maximum absolute atomic E-state index is 6.33. The van der Waals surface area contributed by atoms with Crippen molar-refractivity contribution in [2.45, 2.75) is 0 Å². The minimum Gasteiger partial charge on any atom is -0.367 e. The minimum atomic E-state index is 0.239. The summed E-state index contributed by atoms with van der Waals surface area (Å²) in [6.45, 7) is 0. The largest absolute Gasteiger partial charge is 0.367 e. The van der Waals surface area contributed by atoms with Gasteiger partial charge in [-0.15, -0.1) is 0 Å². The number of anilines is 1. The van der Waals surface area contributed by atoms with Gasteiger partial charge in [0.1, 0.15) is 5.69 Å². The molecule has 2 aromatic carbocycles. The van der Waals surface area contributed by atoms with E-state index in [4.69, 9.17) is 33.5 Å². The van der Waals surface area contributed by atoms with Crippen LogP contribution in [-0.4, -0.2) is 5.16 Å². The van der Waals surface area contributed by atoms with Gasteiger partial charge >= 0.3 is 0 Å². The molecule has 6 heteroatoms. The van der Waals surface area contributed by atoms with Gasteiger partial charge in [-0.2, -0.15) is 0 Å². The highest BCUT2D eigenvalue weighted by molar-refractivity contribution is 9.10. The van der Waals surface area contributed by atoms with Gasteiger partial charge < -0.3 is 10.3 Å². The summed E-state index contributed by atoms with van der Waals surface area (Å²) < 4.78 is 5.93. The average Bonchev–Trinajstić information content (AvgIpc) is 2.85. The highest BCUT2D eigenvalue weighted by atomic mass is 79.9. The van der Waals surface area contributed by atoms with E-state index >= 15 is 0 Å². The number of benzene rings is 2. The van der Waals surface area contributed by atoms with Crippen molar-refractivity contribution in [3.8, 4) is 22.4 Å². The molecule has 3 aromatic rings. The van der Waals surface area contributed by atoms with Gasteiger partial charge in [0.2, 0.25) is 5.88 Å². The van der Waals surface area contributed by atoms with Crippen LogP contribution in [0.1, 0.15) is 0 Å². The van der Waals surface area contributed by atoms with Crippen molar-refractivity contribution in [2.75, 3.05) is 5.73 Å². The van der Waals surface area contributed by atoms with Crippen molar-refractivity contribution in [1.29, 1.82) is 0 Å². The molecule has 3 nitrogen and oxygen atoms in total. The number of rotatable bonds is 2. The van der Waals surface area contributed by atoms with E-state index in [1.54, 1.807) is 12.1 Å². The summed E-state index contributed by atoms with van der Waals surface area (Å²) >= 11 is 15.7.